The van der Waals surface area contributed by atoms with Crippen molar-refractivity contribution in [2.75, 3.05) is 13.1 Å². The van der Waals surface area contributed by atoms with E-state index in [1.54, 1.807) is 23.1 Å². The predicted octanol–water partition coefficient (Wildman–Crippen LogP) is 2.34. The average molecular weight is 294 g/mol. The highest BCUT2D eigenvalue weighted by atomic mass is 19.1. The number of benzene rings is 1. The Balaban J connectivity index is 2.39. The van der Waals surface area contributed by atoms with Gasteiger partial charge in [-0.2, -0.15) is 0 Å². The summed E-state index contributed by atoms with van der Waals surface area (Å²) in [4.78, 5) is 24.9. The fourth-order valence-corrected chi connectivity index (χ4v) is 1.98. The van der Waals surface area contributed by atoms with Gasteiger partial charge in [0.25, 0.3) is 0 Å². The minimum absolute atomic E-state index is 0.0365. The average Bonchev–Trinajstić information content (AvgIpc) is 2.41. The van der Waals surface area contributed by atoms with Gasteiger partial charge in [0.2, 0.25) is 11.8 Å². The minimum Gasteiger partial charge on any atom is -0.352 e. The number of hydrogen-bond donors (Lipinski definition) is 1. The van der Waals surface area contributed by atoms with Crippen LogP contribution < -0.4 is 5.32 Å². The Hall–Kier alpha value is -1.91. The Kier molecular flexibility index (Phi) is 6.85. The molecular weight excluding hydrogens is 271 g/mol. The lowest BCUT2D eigenvalue weighted by molar-refractivity contribution is -0.130. The third-order valence-electron chi connectivity index (χ3n) is 3.07. The number of nitrogens with one attached hydrogen (secondary N) is 1. The summed E-state index contributed by atoms with van der Waals surface area (Å²) in [6.45, 7) is 6.73. The predicted molar refractivity (Wildman–Crippen MR) is 80.0 cm³/mol. The molecule has 4 nitrogen and oxygen atoms in total. The molecule has 0 aliphatic carbocycles. The summed E-state index contributed by atoms with van der Waals surface area (Å²) in [5, 5.41) is 2.67. The van der Waals surface area contributed by atoms with E-state index < -0.39 is 0 Å². The van der Waals surface area contributed by atoms with E-state index >= 15 is 0 Å². The van der Waals surface area contributed by atoms with Crippen molar-refractivity contribution >= 4 is 11.8 Å². The molecule has 0 unspecified atom stereocenters. The SMILES string of the molecule is CC(=O)N(CCC(=O)NCc1ccccc1F)CC(C)C. The van der Waals surface area contributed by atoms with Crippen LogP contribution in [0.4, 0.5) is 4.39 Å². The lowest BCUT2D eigenvalue weighted by Crippen LogP contribution is -2.36. The van der Waals surface area contributed by atoms with E-state index in [9.17, 15) is 14.0 Å². The molecule has 0 saturated carbocycles. The quantitative estimate of drug-likeness (QED) is 0.839. The normalized spacial score (nSPS) is 10.5. The van der Waals surface area contributed by atoms with Gasteiger partial charge in [0.1, 0.15) is 5.82 Å². The molecule has 0 aliphatic rings. The van der Waals surface area contributed by atoms with Crippen molar-refractivity contribution in [3.8, 4) is 0 Å². The van der Waals surface area contributed by atoms with Gasteiger partial charge in [-0.05, 0) is 12.0 Å². The van der Waals surface area contributed by atoms with E-state index in [2.05, 4.69) is 5.32 Å². The summed E-state index contributed by atoms with van der Waals surface area (Å²) in [7, 11) is 0. The van der Waals surface area contributed by atoms with Crippen molar-refractivity contribution in [3.63, 3.8) is 0 Å². The third-order valence-corrected chi connectivity index (χ3v) is 3.07. The first-order valence-corrected chi connectivity index (χ1v) is 7.15. The first kappa shape index (κ1) is 17.1. The Bertz CT molecular complexity index is 489. The topological polar surface area (TPSA) is 49.4 Å². The summed E-state index contributed by atoms with van der Waals surface area (Å²) in [6, 6.07) is 6.33. The van der Waals surface area contributed by atoms with Crippen LogP contribution in [0.5, 0.6) is 0 Å². The summed E-state index contributed by atoms with van der Waals surface area (Å²) in [6.07, 6.45) is 0.223. The van der Waals surface area contributed by atoms with Crippen molar-refractivity contribution in [1.29, 1.82) is 0 Å². The molecule has 1 rings (SSSR count). The van der Waals surface area contributed by atoms with Crippen molar-refractivity contribution in [3.05, 3.63) is 35.6 Å². The number of hydrogen-bond acceptors (Lipinski definition) is 2. The van der Waals surface area contributed by atoms with Crippen molar-refractivity contribution in [1.82, 2.24) is 10.2 Å². The van der Waals surface area contributed by atoms with Crippen LogP contribution in [0, 0.1) is 11.7 Å². The first-order chi connectivity index (χ1) is 9.90. The molecule has 1 aromatic carbocycles. The van der Waals surface area contributed by atoms with Crippen molar-refractivity contribution < 1.29 is 14.0 Å². The Labute approximate surface area is 125 Å². The molecular formula is C16H23FN2O2. The van der Waals surface area contributed by atoms with Gasteiger partial charge >= 0.3 is 0 Å². The monoisotopic (exact) mass is 294 g/mol. The molecule has 116 valence electrons. The number of carbonyl (C=O) groups excluding carboxylic acids is 2. The molecule has 21 heavy (non-hydrogen) atoms. The molecule has 0 saturated heterocycles. The Morgan fingerprint density at radius 1 is 1.29 bits per heavy atom. The fourth-order valence-electron chi connectivity index (χ4n) is 1.98. The van der Waals surface area contributed by atoms with Crippen LogP contribution in [0.1, 0.15) is 32.8 Å². The second kappa shape index (κ2) is 8.39. The van der Waals surface area contributed by atoms with Crippen LogP contribution in [-0.2, 0) is 16.1 Å². The summed E-state index contributed by atoms with van der Waals surface area (Å²) in [5.74, 6) is -0.197. The summed E-state index contributed by atoms with van der Waals surface area (Å²) < 4.78 is 13.4. The van der Waals surface area contributed by atoms with E-state index in [4.69, 9.17) is 0 Å². The zero-order valence-electron chi connectivity index (χ0n) is 12.9. The van der Waals surface area contributed by atoms with Crippen LogP contribution in [0.15, 0.2) is 24.3 Å². The molecule has 1 aromatic rings. The Morgan fingerprint density at radius 3 is 2.52 bits per heavy atom. The molecule has 0 atom stereocenters. The van der Waals surface area contributed by atoms with Gasteiger partial charge in [0.05, 0.1) is 0 Å². The van der Waals surface area contributed by atoms with E-state index in [0.29, 0.717) is 24.6 Å². The van der Waals surface area contributed by atoms with Gasteiger partial charge in [-0.25, -0.2) is 4.39 Å². The van der Waals surface area contributed by atoms with Crippen LogP contribution >= 0.6 is 0 Å². The minimum atomic E-state index is -0.331. The number of amides is 2. The second-order valence-electron chi connectivity index (χ2n) is 5.48. The molecule has 0 aromatic heterocycles. The second-order valence-corrected chi connectivity index (χ2v) is 5.48. The van der Waals surface area contributed by atoms with E-state index in [-0.39, 0.29) is 30.6 Å². The molecule has 1 N–H and O–H groups in total. The molecule has 0 aliphatic heterocycles. The van der Waals surface area contributed by atoms with Crippen molar-refractivity contribution in [2.45, 2.75) is 33.7 Å². The molecule has 0 bridgehead atoms. The molecule has 0 fully saturated rings. The molecule has 2 amide bonds. The molecule has 5 heteroatoms. The smallest absolute Gasteiger partial charge is 0.222 e. The van der Waals surface area contributed by atoms with Gasteiger partial charge in [0.15, 0.2) is 0 Å². The highest BCUT2D eigenvalue weighted by Gasteiger charge is 2.12. The van der Waals surface area contributed by atoms with Gasteiger partial charge in [-0.3, -0.25) is 9.59 Å². The summed E-state index contributed by atoms with van der Waals surface area (Å²) >= 11 is 0. The zero-order chi connectivity index (χ0) is 15.8. The number of rotatable bonds is 7. The largest absolute Gasteiger partial charge is 0.352 e. The zero-order valence-corrected chi connectivity index (χ0v) is 12.9. The molecule has 0 heterocycles. The lowest BCUT2D eigenvalue weighted by Gasteiger charge is -2.22. The fraction of sp³-hybridized carbons (Fsp3) is 0.500. The van der Waals surface area contributed by atoms with Crippen LogP contribution in [0.2, 0.25) is 0 Å². The van der Waals surface area contributed by atoms with E-state index in [0.717, 1.165) is 0 Å². The highest BCUT2D eigenvalue weighted by molar-refractivity contribution is 5.78. The summed E-state index contributed by atoms with van der Waals surface area (Å²) in [5.41, 5.74) is 0.455. The van der Waals surface area contributed by atoms with Gasteiger partial charge < -0.3 is 10.2 Å². The number of carbonyl (C=O) groups is 2. The van der Waals surface area contributed by atoms with E-state index in [1.165, 1.54) is 13.0 Å². The van der Waals surface area contributed by atoms with Gasteiger partial charge in [0, 0.05) is 38.5 Å². The maximum Gasteiger partial charge on any atom is 0.222 e. The van der Waals surface area contributed by atoms with Crippen LogP contribution in [-0.4, -0.2) is 29.8 Å². The Morgan fingerprint density at radius 2 is 1.95 bits per heavy atom. The van der Waals surface area contributed by atoms with Crippen molar-refractivity contribution in [2.24, 2.45) is 5.92 Å². The maximum absolute atomic E-state index is 13.4. The van der Waals surface area contributed by atoms with Gasteiger partial charge in [-0.15, -0.1) is 0 Å². The number of halogens is 1. The lowest BCUT2D eigenvalue weighted by atomic mass is 10.2. The highest BCUT2D eigenvalue weighted by Crippen LogP contribution is 2.06. The van der Waals surface area contributed by atoms with E-state index in [1.807, 2.05) is 13.8 Å². The maximum atomic E-state index is 13.4. The molecule has 0 radical (unpaired) electrons. The third kappa shape index (κ3) is 6.38. The standard InChI is InChI=1S/C16H23FN2O2/c1-12(2)11-19(13(3)20)9-8-16(21)18-10-14-6-4-5-7-15(14)17/h4-7,12H,8-11H2,1-3H3,(H,18,21). The molecule has 0 spiro atoms. The first-order valence-electron chi connectivity index (χ1n) is 7.15. The van der Waals surface area contributed by atoms with Gasteiger partial charge in [-0.1, -0.05) is 32.0 Å². The van der Waals surface area contributed by atoms with Crippen LogP contribution in [0.25, 0.3) is 0 Å². The number of nitrogens with zero attached hydrogens (tertiary/aromatic N) is 1. The van der Waals surface area contributed by atoms with Crippen LogP contribution in [0.3, 0.4) is 0 Å².